The molecule has 0 N–H and O–H groups in total. The number of methoxy groups -OCH3 is 2. The van der Waals surface area contributed by atoms with Crippen LogP contribution in [0.2, 0.25) is 0 Å². The summed E-state index contributed by atoms with van der Waals surface area (Å²) in [6.45, 7) is -0.300. The van der Waals surface area contributed by atoms with Crippen LogP contribution in [0.1, 0.15) is 17.0 Å². The number of hydrogen-bond acceptors (Lipinski definition) is 7. The molecule has 0 bridgehead atoms. The second kappa shape index (κ2) is 9.33. The number of alkyl halides is 3. The Balaban J connectivity index is 1.61. The van der Waals surface area contributed by atoms with E-state index in [1.807, 2.05) is 0 Å². The van der Waals surface area contributed by atoms with E-state index in [0.29, 0.717) is 17.1 Å². The number of halogens is 3. The second-order valence-corrected chi connectivity index (χ2v) is 6.15. The Labute approximate surface area is 175 Å². The molecular formula is C21H17F3N2O5. The van der Waals surface area contributed by atoms with E-state index in [1.165, 1.54) is 32.4 Å². The van der Waals surface area contributed by atoms with Gasteiger partial charge in [0.25, 0.3) is 5.89 Å². The maximum absolute atomic E-state index is 12.7. The number of carbonyl (C=O) groups is 1. The first-order valence-corrected chi connectivity index (χ1v) is 8.87. The molecule has 0 atom stereocenters. The van der Waals surface area contributed by atoms with Crippen LogP contribution in [0.3, 0.4) is 0 Å². The lowest BCUT2D eigenvalue weighted by Gasteiger charge is -2.07. The van der Waals surface area contributed by atoms with Gasteiger partial charge in [0.15, 0.2) is 18.1 Å². The predicted molar refractivity (Wildman–Crippen MR) is 103 cm³/mol. The number of ether oxygens (including phenoxy) is 3. The van der Waals surface area contributed by atoms with Crippen LogP contribution in [0.15, 0.2) is 53.1 Å². The summed E-state index contributed by atoms with van der Waals surface area (Å²) in [5, 5.41) is 3.82. The SMILES string of the molecule is COc1ccc(-c2noc(COC(=O)/C=C/c3cccc(C(F)(F)F)c3)n2)cc1OC. The van der Waals surface area contributed by atoms with Crippen molar-refractivity contribution in [1.82, 2.24) is 10.1 Å². The van der Waals surface area contributed by atoms with E-state index in [-0.39, 0.29) is 23.9 Å². The van der Waals surface area contributed by atoms with Gasteiger partial charge in [-0.25, -0.2) is 4.79 Å². The molecule has 0 aliphatic carbocycles. The molecule has 3 aromatic rings. The monoisotopic (exact) mass is 434 g/mol. The largest absolute Gasteiger partial charge is 0.493 e. The summed E-state index contributed by atoms with van der Waals surface area (Å²) in [5.41, 5.74) is 0.000271. The fraction of sp³-hybridized carbons (Fsp3) is 0.190. The van der Waals surface area contributed by atoms with Gasteiger partial charge in [-0.2, -0.15) is 18.2 Å². The van der Waals surface area contributed by atoms with Gasteiger partial charge in [-0.3, -0.25) is 0 Å². The van der Waals surface area contributed by atoms with Gasteiger partial charge in [-0.1, -0.05) is 17.3 Å². The van der Waals surface area contributed by atoms with Crippen LogP contribution in [-0.4, -0.2) is 30.3 Å². The molecule has 0 spiro atoms. The minimum atomic E-state index is -4.46. The highest BCUT2D eigenvalue weighted by molar-refractivity contribution is 5.87. The molecule has 2 aromatic carbocycles. The molecule has 162 valence electrons. The maximum Gasteiger partial charge on any atom is 0.416 e. The summed E-state index contributed by atoms with van der Waals surface area (Å²) in [6.07, 6.45) is -2.23. The van der Waals surface area contributed by atoms with Crippen LogP contribution in [0.5, 0.6) is 11.5 Å². The third-order valence-electron chi connectivity index (χ3n) is 4.07. The van der Waals surface area contributed by atoms with E-state index < -0.39 is 17.7 Å². The van der Waals surface area contributed by atoms with Gasteiger partial charge >= 0.3 is 12.1 Å². The summed E-state index contributed by atoms with van der Waals surface area (Å²) in [5.74, 6) is 0.550. The normalized spacial score (nSPS) is 11.5. The molecule has 3 rings (SSSR count). The average Bonchev–Trinajstić information content (AvgIpc) is 3.24. The Bertz CT molecular complexity index is 1090. The molecule has 0 amide bonds. The van der Waals surface area contributed by atoms with Crippen molar-refractivity contribution < 1.29 is 36.7 Å². The number of carbonyl (C=O) groups excluding carboxylic acids is 1. The zero-order valence-corrected chi connectivity index (χ0v) is 16.5. The van der Waals surface area contributed by atoms with E-state index in [2.05, 4.69) is 10.1 Å². The quantitative estimate of drug-likeness (QED) is 0.399. The molecule has 31 heavy (non-hydrogen) atoms. The van der Waals surface area contributed by atoms with Crippen LogP contribution >= 0.6 is 0 Å². The van der Waals surface area contributed by atoms with E-state index in [9.17, 15) is 18.0 Å². The average molecular weight is 434 g/mol. The molecule has 0 aliphatic rings. The number of benzene rings is 2. The Morgan fingerprint density at radius 2 is 1.87 bits per heavy atom. The van der Waals surface area contributed by atoms with Crippen molar-refractivity contribution in [3.63, 3.8) is 0 Å². The Morgan fingerprint density at radius 1 is 1.10 bits per heavy atom. The molecule has 10 heteroatoms. The number of aromatic nitrogens is 2. The lowest BCUT2D eigenvalue weighted by molar-refractivity contribution is -0.139. The summed E-state index contributed by atoms with van der Waals surface area (Å²) >= 11 is 0. The number of rotatable bonds is 7. The molecule has 1 heterocycles. The Kier molecular flexibility index (Phi) is 6.58. The van der Waals surface area contributed by atoms with Crippen LogP contribution in [0.25, 0.3) is 17.5 Å². The third kappa shape index (κ3) is 5.62. The summed E-state index contributed by atoms with van der Waals surface area (Å²) in [4.78, 5) is 16.0. The highest BCUT2D eigenvalue weighted by atomic mass is 19.4. The van der Waals surface area contributed by atoms with Crippen molar-refractivity contribution in [3.05, 3.63) is 65.6 Å². The lowest BCUT2D eigenvalue weighted by Crippen LogP contribution is -2.04. The number of nitrogens with zero attached hydrogens (tertiary/aromatic N) is 2. The minimum Gasteiger partial charge on any atom is -0.493 e. The standard InChI is InChI=1S/C21H17F3N2O5/c1-28-16-8-7-14(11-17(16)29-2)20-25-18(31-26-20)12-30-19(27)9-6-13-4-3-5-15(10-13)21(22,23)24/h3-11H,12H2,1-2H3/b9-6+. The van der Waals surface area contributed by atoms with Crippen LogP contribution < -0.4 is 9.47 Å². The van der Waals surface area contributed by atoms with E-state index in [0.717, 1.165) is 18.2 Å². The molecule has 0 unspecified atom stereocenters. The van der Waals surface area contributed by atoms with E-state index in [1.54, 1.807) is 18.2 Å². The van der Waals surface area contributed by atoms with Gasteiger partial charge in [-0.15, -0.1) is 0 Å². The first-order valence-electron chi connectivity index (χ1n) is 8.87. The highest BCUT2D eigenvalue weighted by Crippen LogP contribution is 2.31. The van der Waals surface area contributed by atoms with E-state index >= 15 is 0 Å². The maximum atomic E-state index is 12.7. The summed E-state index contributed by atoms with van der Waals surface area (Å²) in [6, 6.07) is 9.62. The predicted octanol–water partition coefficient (Wildman–Crippen LogP) is 4.53. The number of hydrogen-bond donors (Lipinski definition) is 0. The molecule has 0 radical (unpaired) electrons. The van der Waals surface area contributed by atoms with Gasteiger partial charge in [0.05, 0.1) is 19.8 Å². The molecular weight excluding hydrogens is 417 g/mol. The fourth-order valence-corrected chi connectivity index (χ4v) is 2.57. The van der Waals surface area contributed by atoms with Crippen molar-refractivity contribution in [3.8, 4) is 22.9 Å². The highest BCUT2D eigenvalue weighted by Gasteiger charge is 2.30. The van der Waals surface area contributed by atoms with Gasteiger partial charge in [0.2, 0.25) is 5.82 Å². The van der Waals surface area contributed by atoms with E-state index in [4.69, 9.17) is 18.7 Å². The van der Waals surface area contributed by atoms with Crippen molar-refractivity contribution in [1.29, 1.82) is 0 Å². The third-order valence-corrected chi connectivity index (χ3v) is 4.07. The molecule has 0 saturated carbocycles. The van der Waals surface area contributed by atoms with Crippen LogP contribution in [0.4, 0.5) is 13.2 Å². The lowest BCUT2D eigenvalue weighted by atomic mass is 10.1. The minimum absolute atomic E-state index is 0.0469. The molecule has 0 fully saturated rings. The van der Waals surface area contributed by atoms with Crippen molar-refractivity contribution >= 4 is 12.0 Å². The molecule has 0 saturated heterocycles. The molecule has 1 aromatic heterocycles. The van der Waals surface area contributed by atoms with Crippen LogP contribution in [0, 0.1) is 0 Å². The molecule has 0 aliphatic heterocycles. The smallest absolute Gasteiger partial charge is 0.416 e. The molecule has 7 nitrogen and oxygen atoms in total. The Morgan fingerprint density at radius 3 is 2.58 bits per heavy atom. The van der Waals surface area contributed by atoms with Gasteiger partial charge in [0.1, 0.15) is 0 Å². The van der Waals surface area contributed by atoms with Crippen molar-refractivity contribution in [2.75, 3.05) is 14.2 Å². The van der Waals surface area contributed by atoms with Gasteiger partial charge in [0, 0.05) is 11.6 Å². The van der Waals surface area contributed by atoms with Crippen molar-refractivity contribution in [2.24, 2.45) is 0 Å². The fourth-order valence-electron chi connectivity index (χ4n) is 2.57. The van der Waals surface area contributed by atoms with Crippen molar-refractivity contribution in [2.45, 2.75) is 12.8 Å². The zero-order valence-electron chi connectivity index (χ0n) is 16.5. The summed E-state index contributed by atoms with van der Waals surface area (Å²) < 4.78 is 58.6. The zero-order chi connectivity index (χ0) is 22.4. The first kappa shape index (κ1) is 21.9. The van der Waals surface area contributed by atoms with Crippen LogP contribution in [-0.2, 0) is 22.3 Å². The first-order chi connectivity index (χ1) is 14.8. The Hall–Kier alpha value is -3.82. The topological polar surface area (TPSA) is 83.7 Å². The van der Waals surface area contributed by atoms with Gasteiger partial charge in [-0.05, 0) is 42.0 Å². The van der Waals surface area contributed by atoms with Gasteiger partial charge < -0.3 is 18.7 Å². The number of esters is 1. The second-order valence-electron chi connectivity index (χ2n) is 6.15. The summed E-state index contributed by atoms with van der Waals surface area (Å²) in [7, 11) is 3.01.